The van der Waals surface area contributed by atoms with Crippen molar-refractivity contribution in [3.8, 4) is 5.75 Å². The second kappa shape index (κ2) is 6.91. The summed E-state index contributed by atoms with van der Waals surface area (Å²) in [7, 11) is 1.66. The molecule has 1 unspecified atom stereocenters. The van der Waals surface area contributed by atoms with Gasteiger partial charge >= 0.3 is 0 Å². The molecule has 4 nitrogen and oxygen atoms in total. The summed E-state index contributed by atoms with van der Waals surface area (Å²) in [5.41, 5.74) is 1.23. The van der Waals surface area contributed by atoms with Gasteiger partial charge in [-0.2, -0.15) is 0 Å². The van der Waals surface area contributed by atoms with Crippen LogP contribution in [0.2, 0.25) is 0 Å². The van der Waals surface area contributed by atoms with Gasteiger partial charge < -0.3 is 14.6 Å². The average Bonchev–Trinajstić information content (AvgIpc) is 2.49. The molecule has 0 amide bonds. The Hall–Kier alpha value is -2.07. The molecule has 0 bridgehead atoms. The van der Waals surface area contributed by atoms with Crippen LogP contribution in [0.15, 0.2) is 53.5 Å². The minimum Gasteiger partial charge on any atom is -0.497 e. The van der Waals surface area contributed by atoms with Crippen LogP contribution in [0.1, 0.15) is 18.5 Å². The lowest BCUT2D eigenvalue weighted by Crippen LogP contribution is -2.27. The third-order valence-corrected chi connectivity index (χ3v) is 3.32. The average molecular weight is 272 g/mol. The van der Waals surface area contributed by atoms with Gasteiger partial charge in [0.25, 0.3) is 5.56 Å². The molecular weight excluding hydrogens is 252 g/mol. The van der Waals surface area contributed by atoms with Crippen LogP contribution in [0.3, 0.4) is 0 Å². The smallest absolute Gasteiger partial charge is 0.250 e. The highest BCUT2D eigenvalue weighted by atomic mass is 16.5. The summed E-state index contributed by atoms with van der Waals surface area (Å²) in [4.78, 5) is 11.6. The van der Waals surface area contributed by atoms with Crippen LogP contribution in [0, 0.1) is 0 Å². The highest BCUT2D eigenvalue weighted by Crippen LogP contribution is 2.16. The number of aromatic nitrogens is 1. The first kappa shape index (κ1) is 14.3. The van der Waals surface area contributed by atoms with E-state index in [4.69, 9.17) is 4.74 Å². The van der Waals surface area contributed by atoms with Gasteiger partial charge in [0.1, 0.15) is 5.75 Å². The van der Waals surface area contributed by atoms with Crippen LogP contribution in [-0.4, -0.2) is 18.2 Å². The maximum Gasteiger partial charge on any atom is 0.250 e. The molecule has 1 aromatic heterocycles. The van der Waals surface area contributed by atoms with Crippen molar-refractivity contribution in [2.24, 2.45) is 0 Å². The largest absolute Gasteiger partial charge is 0.497 e. The third-order valence-electron chi connectivity index (χ3n) is 3.32. The first-order valence-electron chi connectivity index (χ1n) is 6.73. The molecule has 4 heteroatoms. The summed E-state index contributed by atoms with van der Waals surface area (Å²) < 4.78 is 6.84. The molecule has 1 aromatic carbocycles. The van der Waals surface area contributed by atoms with Crippen LogP contribution < -0.4 is 15.6 Å². The van der Waals surface area contributed by atoms with Crippen LogP contribution in [0.4, 0.5) is 0 Å². The fourth-order valence-electron chi connectivity index (χ4n) is 2.06. The van der Waals surface area contributed by atoms with Crippen molar-refractivity contribution < 1.29 is 4.74 Å². The van der Waals surface area contributed by atoms with Gasteiger partial charge in [-0.25, -0.2) is 0 Å². The quantitative estimate of drug-likeness (QED) is 0.876. The molecule has 0 spiro atoms. The number of nitrogens with one attached hydrogen (secondary N) is 1. The lowest BCUT2D eigenvalue weighted by Gasteiger charge is -2.15. The molecule has 0 aliphatic carbocycles. The Balaban J connectivity index is 1.87. The number of ether oxygens (including phenoxy) is 1. The zero-order chi connectivity index (χ0) is 14.4. The summed E-state index contributed by atoms with van der Waals surface area (Å²) in [6.45, 7) is 3.52. The van der Waals surface area contributed by atoms with Gasteiger partial charge in [0.2, 0.25) is 0 Å². The fraction of sp³-hybridized carbons (Fsp3) is 0.312. The van der Waals surface area contributed by atoms with Crippen molar-refractivity contribution in [3.05, 3.63) is 64.6 Å². The number of hydrogen-bond donors (Lipinski definition) is 1. The van der Waals surface area contributed by atoms with Gasteiger partial charge in [0, 0.05) is 31.4 Å². The maximum atomic E-state index is 11.6. The highest BCUT2D eigenvalue weighted by Gasteiger charge is 2.04. The second-order valence-corrected chi connectivity index (χ2v) is 4.68. The molecule has 1 atom stereocenters. The molecule has 0 fully saturated rings. The Kier molecular flexibility index (Phi) is 4.96. The minimum atomic E-state index is 0.0337. The van der Waals surface area contributed by atoms with Crippen molar-refractivity contribution in [1.29, 1.82) is 0 Å². The summed E-state index contributed by atoms with van der Waals surface area (Å²) in [6.07, 6.45) is 1.81. The Morgan fingerprint density at radius 2 is 1.95 bits per heavy atom. The van der Waals surface area contributed by atoms with E-state index in [9.17, 15) is 4.79 Å². The monoisotopic (exact) mass is 272 g/mol. The molecule has 0 radical (unpaired) electrons. The number of methoxy groups -OCH3 is 1. The van der Waals surface area contributed by atoms with Crippen molar-refractivity contribution in [2.45, 2.75) is 19.5 Å². The van der Waals surface area contributed by atoms with E-state index in [-0.39, 0.29) is 11.6 Å². The fourth-order valence-corrected chi connectivity index (χ4v) is 2.06. The van der Waals surface area contributed by atoms with Gasteiger partial charge in [-0.05, 0) is 30.7 Å². The van der Waals surface area contributed by atoms with Gasteiger partial charge in [-0.3, -0.25) is 4.79 Å². The molecule has 1 N–H and O–H groups in total. The van der Waals surface area contributed by atoms with Crippen molar-refractivity contribution in [2.75, 3.05) is 13.7 Å². The number of benzene rings is 1. The maximum absolute atomic E-state index is 11.6. The van der Waals surface area contributed by atoms with E-state index in [1.165, 1.54) is 5.56 Å². The first-order valence-corrected chi connectivity index (χ1v) is 6.73. The number of nitrogens with zero attached hydrogens (tertiary/aromatic N) is 1. The molecule has 0 saturated carbocycles. The molecule has 2 aromatic rings. The van der Waals surface area contributed by atoms with Crippen molar-refractivity contribution in [1.82, 2.24) is 9.88 Å². The number of pyridine rings is 1. The normalized spacial score (nSPS) is 12.1. The number of rotatable bonds is 6. The van der Waals surface area contributed by atoms with Crippen LogP contribution in [-0.2, 0) is 6.54 Å². The third kappa shape index (κ3) is 3.71. The van der Waals surface area contributed by atoms with E-state index in [1.54, 1.807) is 23.8 Å². The van der Waals surface area contributed by atoms with E-state index in [0.717, 1.165) is 12.3 Å². The van der Waals surface area contributed by atoms with Crippen LogP contribution in [0.5, 0.6) is 5.75 Å². The Morgan fingerprint density at radius 1 is 1.20 bits per heavy atom. The van der Waals surface area contributed by atoms with E-state index in [2.05, 4.69) is 12.2 Å². The van der Waals surface area contributed by atoms with Gasteiger partial charge in [-0.15, -0.1) is 0 Å². The Bertz CT molecular complexity index is 590. The SMILES string of the molecule is COc1ccc(C(C)NCCn2ccccc2=O)cc1. The molecule has 1 heterocycles. The highest BCUT2D eigenvalue weighted by molar-refractivity contribution is 5.28. The molecule has 0 aliphatic rings. The second-order valence-electron chi connectivity index (χ2n) is 4.68. The van der Waals surface area contributed by atoms with Gasteiger partial charge in [0.05, 0.1) is 7.11 Å². The number of hydrogen-bond acceptors (Lipinski definition) is 3. The summed E-state index contributed by atoms with van der Waals surface area (Å²) in [5, 5.41) is 3.41. The standard InChI is InChI=1S/C16H20N2O2/c1-13(14-6-8-15(20-2)9-7-14)17-10-12-18-11-4-3-5-16(18)19/h3-9,11,13,17H,10,12H2,1-2H3. The molecule has 20 heavy (non-hydrogen) atoms. The van der Waals surface area contributed by atoms with Crippen molar-refractivity contribution >= 4 is 0 Å². The van der Waals surface area contributed by atoms with E-state index < -0.39 is 0 Å². The molecule has 106 valence electrons. The predicted octanol–water partition coefficient (Wildman–Crippen LogP) is 2.21. The lowest BCUT2D eigenvalue weighted by atomic mass is 10.1. The van der Waals surface area contributed by atoms with Gasteiger partial charge in [-0.1, -0.05) is 18.2 Å². The summed E-state index contributed by atoms with van der Waals surface area (Å²) in [5.74, 6) is 0.858. The van der Waals surface area contributed by atoms with Crippen LogP contribution in [0.25, 0.3) is 0 Å². The topological polar surface area (TPSA) is 43.3 Å². The van der Waals surface area contributed by atoms with Crippen molar-refractivity contribution in [3.63, 3.8) is 0 Å². The molecule has 2 rings (SSSR count). The van der Waals surface area contributed by atoms with Crippen LogP contribution >= 0.6 is 0 Å². The molecular formula is C16H20N2O2. The predicted molar refractivity (Wildman–Crippen MR) is 80.1 cm³/mol. The summed E-state index contributed by atoms with van der Waals surface area (Å²) >= 11 is 0. The Morgan fingerprint density at radius 3 is 2.60 bits per heavy atom. The minimum absolute atomic E-state index is 0.0337. The molecule has 0 aliphatic heterocycles. The summed E-state index contributed by atoms with van der Waals surface area (Å²) in [6, 6.07) is 13.4. The van der Waals surface area contributed by atoms with Gasteiger partial charge in [0.15, 0.2) is 0 Å². The molecule has 0 saturated heterocycles. The van der Waals surface area contributed by atoms with E-state index in [0.29, 0.717) is 6.54 Å². The zero-order valence-electron chi connectivity index (χ0n) is 11.9. The van der Waals surface area contributed by atoms with E-state index in [1.807, 2.05) is 36.5 Å². The zero-order valence-corrected chi connectivity index (χ0v) is 11.9. The Labute approximate surface area is 119 Å². The lowest BCUT2D eigenvalue weighted by molar-refractivity contribution is 0.414. The van der Waals surface area contributed by atoms with E-state index >= 15 is 0 Å². The first-order chi connectivity index (χ1) is 9.70.